The fourth-order valence-corrected chi connectivity index (χ4v) is 3.46. The molecule has 3 rings (SSSR count). The molecule has 1 aliphatic carbocycles. The smallest absolute Gasteiger partial charge is 0.0101 e. The maximum atomic E-state index is 5.87. The van der Waals surface area contributed by atoms with E-state index in [0.29, 0.717) is 5.92 Å². The Morgan fingerprint density at radius 3 is 2.29 bits per heavy atom. The molecule has 0 radical (unpaired) electrons. The summed E-state index contributed by atoms with van der Waals surface area (Å²) in [5.74, 6) is 0.433. The first-order chi connectivity index (χ1) is 10.3. The largest absolute Gasteiger partial charge is 0.330 e. The van der Waals surface area contributed by atoms with E-state index in [9.17, 15) is 0 Å². The van der Waals surface area contributed by atoms with Gasteiger partial charge in [0.25, 0.3) is 0 Å². The molecule has 1 nitrogen and oxygen atoms in total. The SMILES string of the molecule is Cc1ccc(C(CCN)c2ccc3c(c2)CCCC3)cc1. The van der Waals surface area contributed by atoms with Crippen LogP contribution in [0.2, 0.25) is 0 Å². The summed E-state index contributed by atoms with van der Waals surface area (Å²) in [4.78, 5) is 0. The Hall–Kier alpha value is -1.60. The quantitative estimate of drug-likeness (QED) is 0.884. The van der Waals surface area contributed by atoms with E-state index in [1.54, 1.807) is 11.1 Å². The molecule has 1 heteroatoms. The van der Waals surface area contributed by atoms with Crippen LogP contribution in [0.15, 0.2) is 42.5 Å². The highest BCUT2D eigenvalue weighted by Crippen LogP contribution is 2.31. The van der Waals surface area contributed by atoms with Crippen molar-refractivity contribution >= 4 is 0 Å². The van der Waals surface area contributed by atoms with E-state index in [2.05, 4.69) is 49.4 Å². The molecule has 2 N–H and O–H groups in total. The van der Waals surface area contributed by atoms with Gasteiger partial charge in [-0.3, -0.25) is 0 Å². The lowest BCUT2D eigenvalue weighted by molar-refractivity contribution is 0.677. The van der Waals surface area contributed by atoms with Crippen LogP contribution in [0.5, 0.6) is 0 Å². The van der Waals surface area contributed by atoms with Crippen molar-refractivity contribution in [1.82, 2.24) is 0 Å². The molecule has 0 aromatic heterocycles. The van der Waals surface area contributed by atoms with Gasteiger partial charge in [0, 0.05) is 5.92 Å². The van der Waals surface area contributed by atoms with Crippen molar-refractivity contribution < 1.29 is 0 Å². The fourth-order valence-electron chi connectivity index (χ4n) is 3.46. The van der Waals surface area contributed by atoms with Crippen LogP contribution < -0.4 is 5.73 Å². The lowest BCUT2D eigenvalue weighted by Gasteiger charge is -2.22. The molecule has 1 unspecified atom stereocenters. The topological polar surface area (TPSA) is 26.0 Å². The Morgan fingerprint density at radius 1 is 0.905 bits per heavy atom. The summed E-state index contributed by atoms with van der Waals surface area (Å²) in [7, 11) is 0. The zero-order valence-electron chi connectivity index (χ0n) is 12.9. The van der Waals surface area contributed by atoms with Crippen molar-refractivity contribution in [2.75, 3.05) is 6.54 Å². The lowest BCUT2D eigenvalue weighted by atomic mass is 9.83. The first kappa shape index (κ1) is 14.3. The van der Waals surface area contributed by atoms with Crippen molar-refractivity contribution in [3.63, 3.8) is 0 Å². The van der Waals surface area contributed by atoms with Gasteiger partial charge in [-0.1, -0.05) is 48.0 Å². The van der Waals surface area contributed by atoms with E-state index in [1.165, 1.54) is 42.4 Å². The third-order valence-electron chi connectivity index (χ3n) is 4.71. The Balaban J connectivity index is 1.95. The first-order valence-electron chi connectivity index (χ1n) is 8.16. The summed E-state index contributed by atoms with van der Waals surface area (Å²) in [6.07, 6.45) is 6.19. The molecule has 110 valence electrons. The average Bonchev–Trinajstić information content (AvgIpc) is 2.53. The predicted octanol–water partition coefficient (Wildman–Crippen LogP) is 4.35. The zero-order chi connectivity index (χ0) is 14.7. The second kappa shape index (κ2) is 6.44. The van der Waals surface area contributed by atoms with Crippen LogP contribution in [0.4, 0.5) is 0 Å². The highest BCUT2D eigenvalue weighted by Gasteiger charge is 2.16. The van der Waals surface area contributed by atoms with Crippen molar-refractivity contribution in [2.45, 2.75) is 44.9 Å². The monoisotopic (exact) mass is 279 g/mol. The Kier molecular flexibility index (Phi) is 4.40. The van der Waals surface area contributed by atoms with Gasteiger partial charge in [-0.2, -0.15) is 0 Å². The fraction of sp³-hybridized carbons (Fsp3) is 0.400. The van der Waals surface area contributed by atoms with Gasteiger partial charge in [0.15, 0.2) is 0 Å². The molecule has 0 saturated heterocycles. The van der Waals surface area contributed by atoms with Gasteiger partial charge < -0.3 is 5.73 Å². The van der Waals surface area contributed by atoms with Crippen LogP contribution in [0.3, 0.4) is 0 Å². The lowest BCUT2D eigenvalue weighted by Crippen LogP contribution is -2.11. The highest BCUT2D eigenvalue weighted by atomic mass is 14.5. The van der Waals surface area contributed by atoms with E-state index in [4.69, 9.17) is 5.73 Å². The molecule has 21 heavy (non-hydrogen) atoms. The van der Waals surface area contributed by atoms with E-state index < -0.39 is 0 Å². The van der Waals surface area contributed by atoms with Crippen molar-refractivity contribution in [2.24, 2.45) is 5.73 Å². The summed E-state index contributed by atoms with van der Waals surface area (Å²) in [5, 5.41) is 0. The van der Waals surface area contributed by atoms with Crippen molar-refractivity contribution in [1.29, 1.82) is 0 Å². The van der Waals surface area contributed by atoms with E-state index in [1.807, 2.05) is 0 Å². The molecule has 2 aromatic rings. The number of hydrogen-bond acceptors (Lipinski definition) is 1. The Bertz CT molecular complexity index is 598. The van der Waals surface area contributed by atoms with Crippen molar-refractivity contribution in [3.8, 4) is 0 Å². The van der Waals surface area contributed by atoms with Crippen LogP contribution in [-0.4, -0.2) is 6.54 Å². The van der Waals surface area contributed by atoms with Gasteiger partial charge in [-0.05, 0) is 67.8 Å². The molecular formula is C20H25N. The molecule has 0 aliphatic heterocycles. The van der Waals surface area contributed by atoms with E-state index >= 15 is 0 Å². The van der Waals surface area contributed by atoms with Gasteiger partial charge >= 0.3 is 0 Å². The molecule has 0 bridgehead atoms. The maximum absolute atomic E-state index is 5.87. The molecule has 0 fully saturated rings. The molecule has 0 saturated carbocycles. The third-order valence-corrected chi connectivity index (χ3v) is 4.71. The number of rotatable bonds is 4. The molecule has 2 aromatic carbocycles. The average molecular weight is 279 g/mol. The van der Waals surface area contributed by atoms with Crippen LogP contribution in [0.1, 0.15) is 53.0 Å². The minimum atomic E-state index is 0.433. The van der Waals surface area contributed by atoms with Gasteiger partial charge in [0.2, 0.25) is 0 Å². The number of hydrogen-bond donors (Lipinski definition) is 1. The second-order valence-corrected chi connectivity index (χ2v) is 6.28. The molecular weight excluding hydrogens is 254 g/mol. The van der Waals surface area contributed by atoms with Gasteiger partial charge in [-0.15, -0.1) is 0 Å². The van der Waals surface area contributed by atoms with Crippen molar-refractivity contribution in [3.05, 3.63) is 70.3 Å². The van der Waals surface area contributed by atoms with Crippen LogP contribution in [0.25, 0.3) is 0 Å². The van der Waals surface area contributed by atoms with Crippen LogP contribution >= 0.6 is 0 Å². The predicted molar refractivity (Wildman–Crippen MR) is 89.8 cm³/mol. The van der Waals surface area contributed by atoms with Crippen LogP contribution in [0, 0.1) is 6.92 Å². The summed E-state index contributed by atoms with van der Waals surface area (Å²) in [6.45, 7) is 2.87. The Morgan fingerprint density at radius 2 is 1.57 bits per heavy atom. The molecule has 0 spiro atoms. The minimum absolute atomic E-state index is 0.433. The van der Waals surface area contributed by atoms with Crippen LogP contribution in [-0.2, 0) is 12.8 Å². The minimum Gasteiger partial charge on any atom is -0.330 e. The number of benzene rings is 2. The summed E-state index contributed by atoms with van der Waals surface area (Å²) < 4.78 is 0. The second-order valence-electron chi connectivity index (χ2n) is 6.28. The van der Waals surface area contributed by atoms with Gasteiger partial charge in [-0.25, -0.2) is 0 Å². The number of aryl methyl sites for hydroxylation is 3. The molecule has 1 aliphatic rings. The molecule has 0 heterocycles. The molecule has 1 atom stereocenters. The highest BCUT2D eigenvalue weighted by molar-refractivity contribution is 5.40. The summed E-state index contributed by atoms with van der Waals surface area (Å²) in [5.41, 5.74) is 13.1. The van der Waals surface area contributed by atoms with Gasteiger partial charge in [0.05, 0.1) is 0 Å². The van der Waals surface area contributed by atoms with Gasteiger partial charge in [0.1, 0.15) is 0 Å². The summed E-state index contributed by atoms with van der Waals surface area (Å²) >= 11 is 0. The standard InChI is InChI=1S/C20H25N/c1-15-6-8-17(9-7-15)20(12-13-21)19-11-10-16-4-2-3-5-18(16)14-19/h6-11,14,20H,2-5,12-13,21H2,1H3. The Labute approximate surface area is 128 Å². The normalized spacial score (nSPS) is 15.5. The molecule has 0 amide bonds. The summed E-state index contributed by atoms with van der Waals surface area (Å²) in [6, 6.07) is 16.0. The number of fused-ring (bicyclic) bond motifs is 1. The van der Waals surface area contributed by atoms with E-state index in [0.717, 1.165) is 13.0 Å². The first-order valence-corrected chi connectivity index (χ1v) is 8.16. The third kappa shape index (κ3) is 3.19. The van der Waals surface area contributed by atoms with E-state index in [-0.39, 0.29) is 0 Å². The maximum Gasteiger partial charge on any atom is 0.0101 e. The number of nitrogens with two attached hydrogens (primary N) is 1. The zero-order valence-corrected chi connectivity index (χ0v) is 12.9.